The Kier molecular flexibility index (Phi) is 7.55. The maximum Gasteiger partial charge on any atom is 0.234 e. The number of halogens is 8. The average molecular weight is 493 g/mol. The summed E-state index contributed by atoms with van der Waals surface area (Å²) in [5.41, 5.74) is 0. The van der Waals surface area contributed by atoms with Gasteiger partial charge in [0.1, 0.15) is 10.0 Å². The first-order chi connectivity index (χ1) is 10.7. The third-order valence-electron chi connectivity index (χ3n) is 2.31. The zero-order valence-corrected chi connectivity index (χ0v) is 17.4. The van der Waals surface area contributed by atoms with Crippen LogP contribution in [0.5, 0.6) is 0 Å². The smallest absolute Gasteiger partial charge is 0.226 e. The lowest BCUT2D eigenvalue weighted by atomic mass is 10.5. The van der Waals surface area contributed by atoms with E-state index >= 15 is 0 Å². The lowest BCUT2D eigenvalue weighted by Gasteiger charge is -2.10. The van der Waals surface area contributed by atoms with E-state index < -0.39 is 5.95 Å². The van der Waals surface area contributed by atoms with E-state index in [0.717, 1.165) is 11.8 Å². The van der Waals surface area contributed by atoms with Crippen LogP contribution in [0.25, 0.3) is 0 Å². The third kappa shape index (κ3) is 4.57. The second-order valence-electron chi connectivity index (χ2n) is 3.71. The van der Waals surface area contributed by atoms with Gasteiger partial charge in [0, 0.05) is 0 Å². The highest BCUT2D eigenvalue weighted by Crippen LogP contribution is 2.43. The summed E-state index contributed by atoms with van der Waals surface area (Å²) < 4.78 is 13.5. The number of aromatic nitrogens is 2. The van der Waals surface area contributed by atoms with Crippen molar-refractivity contribution in [3.05, 3.63) is 41.4 Å². The second kappa shape index (κ2) is 8.56. The van der Waals surface area contributed by atoms with Gasteiger partial charge in [-0.05, 0) is 0 Å². The van der Waals surface area contributed by atoms with Crippen molar-refractivity contribution < 1.29 is 4.39 Å². The van der Waals surface area contributed by atoms with E-state index in [0.29, 0.717) is 10.1 Å². The van der Waals surface area contributed by atoms with Gasteiger partial charge >= 0.3 is 0 Å². The molecule has 2 heterocycles. The van der Waals surface area contributed by atoms with Gasteiger partial charge in [-0.1, -0.05) is 93.0 Å². The SMILES string of the molecule is Fc1nc(Cl)c(Cl)c(SCSc2nc(Cl)c(Cl)c(Cl)c2Cl)c1Cl. The number of hydrogen-bond acceptors (Lipinski definition) is 4. The monoisotopic (exact) mass is 490 g/mol. The molecule has 12 heteroatoms. The number of rotatable bonds is 4. The fraction of sp³-hybridized carbons (Fsp3) is 0.0909. The molecule has 2 rings (SSSR count). The molecule has 0 aromatic carbocycles. The second-order valence-corrected chi connectivity index (χ2v) is 8.63. The first-order valence-corrected chi connectivity index (χ1v) is 10.0. The highest BCUT2D eigenvalue weighted by Gasteiger charge is 2.19. The molecule has 2 aromatic rings. The molecular formula is C11H2Cl7FN2S2. The predicted octanol–water partition coefficient (Wildman–Crippen LogP) is 8.03. The first kappa shape index (κ1) is 20.3. The summed E-state index contributed by atoms with van der Waals surface area (Å²) in [5, 5.41) is 0.761. The molecule has 0 fully saturated rings. The molecule has 0 amide bonds. The van der Waals surface area contributed by atoms with E-state index in [1.165, 1.54) is 11.8 Å². The quantitative estimate of drug-likeness (QED) is 0.245. The van der Waals surface area contributed by atoms with Crippen LogP contribution in [-0.4, -0.2) is 15.1 Å². The Morgan fingerprint density at radius 3 is 1.96 bits per heavy atom. The normalized spacial score (nSPS) is 11.1. The minimum Gasteiger partial charge on any atom is -0.226 e. The molecule has 0 spiro atoms. The molecule has 0 saturated carbocycles. The van der Waals surface area contributed by atoms with Gasteiger partial charge in [-0.2, -0.15) is 4.39 Å². The van der Waals surface area contributed by atoms with Crippen LogP contribution >= 0.6 is 105 Å². The topological polar surface area (TPSA) is 25.8 Å². The summed E-state index contributed by atoms with van der Waals surface area (Å²) in [4.78, 5) is 7.68. The third-order valence-corrected chi connectivity index (χ3v) is 7.62. The molecule has 23 heavy (non-hydrogen) atoms. The van der Waals surface area contributed by atoms with Gasteiger partial charge in [-0.15, -0.1) is 11.8 Å². The molecular weight excluding hydrogens is 491 g/mol. The largest absolute Gasteiger partial charge is 0.234 e. The van der Waals surface area contributed by atoms with Gasteiger partial charge < -0.3 is 0 Å². The number of pyridine rings is 2. The molecule has 0 aliphatic rings. The summed E-state index contributed by atoms with van der Waals surface area (Å²) in [6.07, 6.45) is 0. The molecule has 2 nitrogen and oxygen atoms in total. The van der Waals surface area contributed by atoms with Crippen LogP contribution in [0.4, 0.5) is 4.39 Å². The van der Waals surface area contributed by atoms with Crippen LogP contribution in [0.1, 0.15) is 0 Å². The van der Waals surface area contributed by atoms with Crippen molar-refractivity contribution in [1.29, 1.82) is 0 Å². The number of hydrogen-bond donors (Lipinski definition) is 0. The molecule has 0 saturated heterocycles. The van der Waals surface area contributed by atoms with Crippen LogP contribution < -0.4 is 0 Å². The van der Waals surface area contributed by atoms with Gasteiger partial charge in [0.25, 0.3) is 0 Å². The average Bonchev–Trinajstić information content (AvgIpc) is 2.51. The molecule has 0 bridgehead atoms. The van der Waals surface area contributed by atoms with Crippen LogP contribution in [0.2, 0.25) is 35.4 Å². The highest BCUT2D eigenvalue weighted by molar-refractivity contribution is 8.16. The van der Waals surface area contributed by atoms with Crippen molar-refractivity contribution in [1.82, 2.24) is 9.97 Å². The van der Waals surface area contributed by atoms with E-state index in [9.17, 15) is 4.39 Å². The maximum absolute atomic E-state index is 13.5. The minimum atomic E-state index is -0.901. The summed E-state index contributed by atoms with van der Waals surface area (Å²) in [5.74, 6) is -0.901. The van der Waals surface area contributed by atoms with Gasteiger partial charge in [0.2, 0.25) is 5.95 Å². The van der Waals surface area contributed by atoms with E-state index in [1.54, 1.807) is 0 Å². The van der Waals surface area contributed by atoms with E-state index in [1.807, 2.05) is 0 Å². The Bertz CT molecular complexity index is 749. The zero-order chi connectivity index (χ0) is 17.3. The summed E-state index contributed by atoms with van der Waals surface area (Å²) in [7, 11) is 0. The molecule has 0 aliphatic carbocycles. The van der Waals surface area contributed by atoms with Crippen LogP contribution in [0, 0.1) is 5.95 Å². The number of nitrogens with zero attached hydrogens (tertiary/aromatic N) is 2. The Labute approximate surface area is 174 Å². The Hall–Kier alpha value is 0.960. The number of thioether (sulfide) groups is 2. The van der Waals surface area contributed by atoms with Gasteiger partial charge in [-0.25, -0.2) is 9.97 Å². The molecule has 124 valence electrons. The Morgan fingerprint density at radius 1 is 0.696 bits per heavy atom. The van der Waals surface area contributed by atoms with Crippen LogP contribution in [-0.2, 0) is 0 Å². The van der Waals surface area contributed by atoms with Crippen LogP contribution in [0.3, 0.4) is 0 Å². The van der Waals surface area contributed by atoms with Gasteiger partial charge in [-0.3, -0.25) is 0 Å². The van der Waals surface area contributed by atoms with Crippen molar-refractivity contribution in [2.75, 3.05) is 5.08 Å². The fourth-order valence-corrected chi connectivity index (χ4v) is 5.15. The summed E-state index contributed by atoms with van der Waals surface area (Å²) in [6, 6.07) is 0. The van der Waals surface area contributed by atoms with Crippen molar-refractivity contribution in [2.45, 2.75) is 9.92 Å². The van der Waals surface area contributed by atoms with Crippen molar-refractivity contribution >= 4 is 105 Å². The van der Waals surface area contributed by atoms with E-state index in [4.69, 9.17) is 81.2 Å². The Balaban J connectivity index is 2.19. The predicted molar refractivity (Wildman–Crippen MR) is 100 cm³/mol. The summed E-state index contributed by atoms with van der Waals surface area (Å²) in [6.45, 7) is 0. The van der Waals surface area contributed by atoms with Crippen molar-refractivity contribution in [2.24, 2.45) is 0 Å². The van der Waals surface area contributed by atoms with Crippen molar-refractivity contribution in [3.63, 3.8) is 0 Å². The lowest BCUT2D eigenvalue weighted by Crippen LogP contribution is -1.91. The molecule has 2 aromatic heterocycles. The summed E-state index contributed by atoms with van der Waals surface area (Å²) >= 11 is 43.6. The van der Waals surface area contributed by atoms with E-state index in [-0.39, 0.29) is 40.3 Å². The van der Waals surface area contributed by atoms with E-state index in [2.05, 4.69) is 9.97 Å². The fourth-order valence-electron chi connectivity index (χ4n) is 1.30. The lowest BCUT2D eigenvalue weighted by molar-refractivity contribution is 0.580. The molecule has 0 N–H and O–H groups in total. The molecule has 0 aliphatic heterocycles. The van der Waals surface area contributed by atoms with Gasteiger partial charge in [0.05, 0.1) is 30.1 Å². The highest BCUT2D eigenvalue weighted by atomic mass is 35.5. The molecule has 0 atom stereocenters. The van der Waals surface area contributed by atoms with Crippen LogP contribution in [0.15, 0.2) is 9.92 Å². The standard InChI is InChI=1S/C11H2Cl7FN2S2/c12-2-3(13)8(17)21-11(4(2)14)23-1-22-7-5(15)9(18)20-10(19)6(7)16/h1H2. The maximum atomic E-state index is 13.5. The first-order valence-electron chi connectivity index (χ1n) is 5.39. The van der Waals surface area contributed by atoms with Crippen molar-refractivity contribution in [3.8, 4) is 0 Å². The zero-order valence-electron chi connectivity index (χ0n) is 10.4. The molecule has 0 radical (unpaired) electrons. The minimum absolute atomic E-state index is 0.0302. The van der Waals surface area contributed by atoms with Gasteiger partial charge in [0.15, 0.2) is 10.3 Å². The Morgan fingerprint density at radius 2 is 1.30 bits per heavy atom. The molecule has 0 unspecified atom stereocenters.